The predicted octanol–water partition coefficient (Wildman–Crippen LogP) is 2.15. The Labute approximate surface area is 151 Å². The molecule has 1 aromatic carbocycles. The molecule has 0 aliphatic rings. The van der Waals surface area contributed by atoms with Gasteiger partial charge in [0.2, 0.25) is 10.0 Å². The molecule has 0 saturated carbocycles. The Bertz CT molecular complexity index is 865. The molecular formula is C17H20N2O6S. The number of carbonyl (C=O) groups excluding carboxylic acids is 2. The average molecular weight is 380 g/mol. The number of ether oxygens (including phenoxy) is 1. The van der Waals surface area contributed by atoms with Gasteiger partial charge in [-0.15, -0.1) is 0 Å². The van der Waals surface area contributed by atoms with E-state index in [2.05, 4.69) is 10.0 Å². The van der Waals surface area contributed by atoms with E-state index >= 15 is 0 Å². The highest BCUT2D eigenvalue weighted by Crippen LogP contribution is 2.15. The summed E-state index contributed by atoms with van der Waals surface area (Å²) in [6.45, 7) is 4.60. The van der Waals surface area contributed by atoms with Gasteiger partial charge in [-0.25, -0.2) is 8.42 Å². The zero-order chi connectivity index (χ0) is 19.4. The number of hydrogen-bond donors (Lipinski definition) is 2. The van der Waals surface area contributed by atoms with Crippen molar-refractivity contribution in [2.75, 3.05) is 11.9 Å². The number of anilines is 1. The van der Waals surface area contributed by atoms with Gasteiger partial charge in [-0.05, 0) is 51.1 Å². The molecule has 1 aromatic heterocycles. The molecule has 8 nitrogen and oxygen atoms in total. The van der Waals surface area contributed by atoms with Crippen molar-refractivity contribution in [1.82, 2.24) is 4.72 Å². The number of sulfonamides is 1. The lowest BCUT2D eigenvalue weighted by Gasteiger charge is -2.19. The van der Waals surface area contributed by atoms with Crippen LogP contribution >= 0.6 is 0 Å². The largest absolute Gasteiger partial charge is 0.472 e. The third kappa shape index (κ3) is 5.71. The average Bonchev–Trinajstić information content (AvgIpc) is 3.06. The van der Waals surface area contributed by atoms with Crippen LogP contribution in [0.15, 0.2) is 52.2 Å². The molecule has 0 spiro atoms. The summed E-state index contributed by atoms with van der Waals surface area (Å²) < 4.78 is 36.5. The third-order valence-electron chi connectivity index (χ3n) is 3.03. The first-order valence-electron chi connectivity index (χ1n) is 7.72. The van der Waals surface area contributed by atoms with Gasteiger partial charge in [0.15, 0.2) is 0 Å². The van der Waals surface area contributed by atoms with Gasteiger partial charge in [0.05, 0.1) is 16.7 Å². The molecule has 1 amide bonds. The van der Waals surface area contributed by atoms with E-state index in [0.717, 1.165) is 0 Å². The lowest BCUT2D eigenvalue weighted by Crippen LogP contribution is -2.34. The van der Waals surface area contributed by atoms with Gasteiger partial charge in [0.25, 0.3) is 5.91 Å². The first kappa shape index (κ1) is 19.7. The van der Waals surface area contributed by atoms with Gasteiger partial charge in [-0.1, -0.05) is 0 Å². The quantitative estimate of drug-likeness (QED) is 0.742. The summed E-state index contributed by atoms with van der Waals surface area (Å²) >= 11 is 0. The number of benzene rings is 1. The topological polar surface area (TPSA) is 115 Å². The van der Waals surface area contributed by atoms with Crippen LogP contribution < -0.4 is 10.0 Å². The monoisotopic (exact) mass is 380 g/mol. The fourth-order valence-electron chi connectivity index (χ4n) is 1.93. The minimum atomic E-state index is -3.88. The van der Waals surface area contributed by atoms with E-state index in [0.29, 0.717) is 11.3 Å². The Hall–Kier alpha value is -2.65. The van der Waals surface area contributed by atoms with E-state index in [-0.39, 0.29) is 10.8 Å². The van der Waals surface area contributed by atoms with Crippen LogP contribution in [0.1, 0.15) is 31.1 Å². The van der Waals surface area contributed by atoms with Crippen LogP contribution in [0.25, 0.3) is 0 Å². The van der Waals surface area contributed by atoms with Gasteiger partial charge < -0.3 is 14.5 Å². The van der Waals surface area contributed by atoms with Gasteiger partial charge in [0.1, 0.15) is 18.4 Å². The summed E-state index contributed by atoms with van der Waals surface area (Å²) in [6.07, 6.45) is 2.68. The highest BCUT2D eigenvalue weighted by molar-refractivity contribution is 7.89. The standard InChI is InChI=1S/C17H20N2O6S/c1-17(2,3)25-15(20)10-18-26(22,23)14-6-4-13(5-7-14)19-16(21)12-8-9-24-11-12/h4-9,11,18H,10H2,1-3H3,(H,19,21). The van der Waals surface area contributed by atoms with E-state index in [4.69, 9.17) is 9.15 Å². The molecule has 0 atom stereocenters. The van der Waals surface area contributed by atoms with Crippen molar-refractivity contribution in [3.05, 3.63) is 48.4 Å². The zero-order valence-electron chi connectivity index (χ0n) is 14.6. The van der Waals surface area contributed by atoms with Gasteiger partial charge in [-0.2, -0.15) is 4.72 Å². The van der Waals surface area contributed by atoms with Crippen LogP contribution in [0, 0.1) is 0 Å². The highest BCUT2D eigenvalue weighted by atomic mass is 32.2. The minimum absolute atomic E-state index is 0.0395. The Kier molecular flexibility index (Phi) is 5.83. The second-order valence-electron chi connectivity index (χ2n) is 6.40. The molecule has 2 aromatic rings. The number of nitrogens with one attached hydrogen (secondary N) is 2. The molecular weight excluding hydrogens is 360 g/mol. The first-order chi connectivity index (χ1) is 12.1. The minimum Gasteiger partial charge on any atom is -0.472 e. The van der Waals surface area contributed by atoms with Crippen LogP contribution in [0.4, 0.5) is 5.69 Å². The van der Waals surface area contributed by atoms with E-state index in [1.165, 1.54) is 42.9 Å². The van der Waals surface area contributed by atoms with Crippen molar-refractivity contribution in [3.8, 4) is 0 Å². The molecule has 0 saturated heterocycles. The number of amides is 1. The van der Waals surface area contributed by atoms with Crippen LogP contribution in [0.5, 0.6) is 0 Å². The number of hydrogen-bond acceptors (Lipinski definition) is 6. The third-order valence-corrected chi connectivity index (χ3v) is 4.45. The summed E-state index contributed by atoms with van der Waals surface area (Å²) in [6, 6.07) is 7.04. The van der Waals surface area contributed by atoms with Crippen LogP contribution in [-0.2, 0) is 19.6 Å². The Morgan fingerprint density at radius 1 is 1.12 bits per heavy atom. The Morgan fingerprint density at radius 3 is 2.31 bits per heavy atom. The SMILES string of the molecule is CC(C)(C)OC(=O)CNS(=O)(=O)c1ccc(NC(=O)c2ccoc2)cc1. The predicted molar refractivity (Wildman–Crippen MR) is 94.1 cm³/mol. The highest BCUT2D eigenvalue weighted by Gasteiger charge is 2.20. The molecule has 26 heavy (non-hydrogen) atoms. The van der Waals surface area contributed by atoms with Crippen molar-refractivity contribution in [3.63, 3.8) is 0 Å². The number of carbonyl (C=O) groups is 2. The molecule has 0 fully saturated rings. The smallest absolute Gasteiger partial charge is 0.321 e. The maximum absolute atomic E-state index is 12.2. The molecule has 2 rings (SSSR count). The Balaban J connectivity index is 1.98. The van der Waals surface area contributed by atoms with Crippen LogP contribution in [0.2, 0.25) is 0 Å². The van der Waals surface area contributed by atoms with Crippen LogP contribution in [0.3, 0.4) is 0 Å². The molecule has 140 valence electrons. The summed E-state index contributed by atoms with van der Waals surface area (Å²) in [5.74, 6) is -1.05. The number of esters is 1. The number of rotatable bonds is 6. The van der Waals surface area contributed by atoms with Crippen molar-refractivity contribution in [1.29, 1.82) is 0 Å². The molecule has 9 heteroatoms. The van der Waals surface area contributed by atoms with Gasteiger partial charge in [-0.3, -0.25) is 9.59 Å². The normalized spacial score (nSPS) is 11.8. The van der Waals surface area contributed by atoms with E-state index in [1.807, 2.05) is 0 Å². The van der Waals surface area contributed by atoms with E-state index in [9.17, 15) is 18.0 Å². The van der Waals surface area contributed by atoms with Crippen molar-refractivity contribution in [2.45, 2.75) is 31.3 Å². The molecule has 0 aliphatic carbocycles. The molecule has 1 heterocycles. The lowest BCUT2D eigenvalue weighted by molar-refractivity contribution is -0.153. The van der Waals surface area contributed by atoms with Crippen molar-refractivity contribution >= 4 is 27.6 Å². The summed E-state index contributed by atoms with van der Waals surface area (Å²) in [4.78, 5) is 23.5. The molecule has 0 radical (unpaired) electrons. The lowest BCUT2D eigenvalue weighted by atomic mass is 10.2. The Morgan fingerprint density at radius 2 is 1.77 bits per heavy atom. The van der Waals surface area contributed by atoms with E-state index in [1.54, 1.807) is 20.8 Å². The zero-order valence-corrected chi connectivity index (χ0v) is 15.4. The fourth-order valence-corrected chi connectivity index (χ4v) is 2.90. The second-order valence-corrected chi connectivity index (χ2v) is 8.17. The summed E-state index contributed by atoms with van der Waals surface area (Å²) in [5, 5.41) is 2.61. The molecule has 2 N–H and O–H groups in total. The van der Waals surface area contributed by atoms with E-state index < -0.39 is 28.1 Å². The summed E-state index contributed by atoms with van der Waals surface area (Å²) in [5.41, 5.74) is 0.0696. The van der Waals surface area contributed by atoms with Crippen molar-refractivity contribution < 1.29 is 27.2 Å². The first-order valence-corrected chi connectivity index (χ1v) is 9.20. The van der Waals surface area contributed by atoms with Crippen LogP contribution in [-0.4, -0.2) is 32.4 Å². The maximum atomic E-state index is 12.2. The maximum Gasteiger partial charge on any atom is 0.321 e. The molecule has 0 bridgehead atoms. The number of furan rings is 1. The fraction of sp³-hybridized carbons (Fsp3) is 0.294. The summed E-state index contributed by atoms with van der Waals surface area (Å²) in [7, 11) is -3.88. The molecule has 0 unspecified atom stereocenters. The second kappa shape index (κ2) is 7.71. The molecule has 0 aliphatic heterocycles. The van der Waals surface area contributed by atoms with Gasteiger partial charge >= 0.3 is 5.97 Å². The van der Waals surface area contributed by atoms with Gasteiger partial charge in [0, 0.05) is 5.69 Å². The van der Waals surface area contributed by atoms with Crippen molar-refractivity contribution in [2.24, 2.45) is 0 Å².